The van der Waals surface area contributed by atoms with Crippen LogP contribution in [0.5, 0.6) is 0 Å². The maximum Gasteiger partial charge on any atom is 0.308 e. The number of carbonyl (C=O) groups excluding carboxylic acids is 1. The summed E-state index contributed by atoms with van der Waals surface area (Å²) in [6, 6.07) is 0. The topological polar surface area (TPSA) is 90.2 Å². The van der Waals surface area contributed by atoms with E-state index in [1.54, 1.807) is 6.92 Å². The number of hydrogen-bond acceptors (Lipinski definition) is 6. The molecular weight excluding hydrogens is 262 g/mol. The summed E-state index contributed by atoms with van der Waals surface area (Å²) in [5.74, 6) is -0.281. The second kappa shape index (κ2) is 8.56. The molecule has 6 nitrogen and oxygen atoms in total. The number of aliphatic hydroxyl groups is 3. The zero-order valence-corrected chi connectivity index (χ0v) is 12.3. The SMILES string of the molecule is CCOC(=O)C1CCC(O)(CN(CCO)CCO)CC1. The monoisotopic (exact) mass is 289 g/mol. The Bertz CT molecular complexity index is 283. The first-order valence-corrected chi connectivity index (χ1v) is 7.37. The average molecular weight is 289 g/mol. The molecule has 0 saturated heterocycles. The van der Waals surface area contributed by atoms with Crippen molar-refractivity contribution in [1.82, 2.24) is 4.90 Å². The third-order valence-corrected chi connectivity index (χ3v) is 3.89. The van der Waals surface area contributed by atoms with E-state index >= 15 is 0 Å². The highest BCUT2D eigenvalue weighted by atomic mass is 16.5. The molecule has 20 heavy (non-hydrogen) atoms. The van der Waals surface area contributed by atoms with Crippen LogP contribution >= 0.6 is 0 Å². The molecule has 0 aromatic carbocycles. The van der Waals surface area contributed by atoms with Gasteiger partial charge in [-0.15, -0.1) is 0 Å². The van der Waals surface area contributed by atoms with Gasteiger partial charge in [0.25, 0.3) is 0 Å². The van der Waals surface area contributed by atoms with Gasteiger partial charge in [0.2, 0.25) is 0 Å². The van der Waals surface area contributed by atoms with Gasteiger partial charge < -0.3 is 20.1 Å². The Labute approximate surface area is 120 Å². The van der Waals surface area contributed by atoms with Crippen LogP contribution in [0.4, 0.5) is 0 Å². The van der Waals surface area contributed by atoms with Crippen molar-refractivity contribution in [3.63, 3.8) is 0 Å². The van der Waals surface area contributed by atoms with Crippen molar-refractivity contribution >= 4 is 5.97 Å². The highest BCUT2D eigenvalue weighted by Crippen LogP contribution is 2.33. The maximum atomic E-state index is 11.7. The zero-order chi connectivity index (χ0) is 15.0. The van der Waals surface area contributed by atoms with E-state index in [2.05, 4.69) is 0 Å². The molecule has 1 saturated carbocycles. The molecule has 3 N–H and O–H groups in total. The Morgan fingerprint density at radius 3 is 2.25 bits per heavy atom. The Morgan fingerprint density at radius 1 is 1.25 bits per heavy atom. The molecular formula is C14H27NO5. The minimum Gasteiger partial charge on any atom is -0.466 e. The van der Waals surface area contributed by atoms with Crippen molar-refractivity contribution in [2.24, 2.45) is 5.92 Å². The fourth-order valence-electron chi connectivity index (χ4n) is 2.78. The Morgan fingerprint density at radius 2 is 1.80 bits per heavy atom. The predicted molar refractivity (Wildman–Crippen MR) is 74.2 cm³/mol. The van der Waals surface area contributed by atoms with E-state index in [0.717, 1.165) is 0 Å². The van der Waals surface area contributed by atoms with Crippen LogP contribution in [0.3, 0.4) is 0 Å². The number of hydrogen-bond donors (Lipinski definition) is 3. The van der Waals surface area contributed by atoms with Crippen molar-refractivity contribution in [3.8, 4) is 0 Å². The van der Waals surface area contributed by atoms with E-state index < -0.39 is 5.60 Å². The first-order valence-electron chi connectivity index (χ1n) is 7.37. The lowest BCUT2D eigenvalue weighted by Gasteiger charge is -2.38. The highest BCUT2D eigenvalue weighted by Gasteiger charge is 2.37. The van der Waals surface area contributed by atoms with Gasteiger partial charge in [-0.05, 0) is 32.6 Å². The van der Waals surface area contributed by atoms with Crippen molar-refractivity contribution in [1.29, 1.82) is 0 Å². The number of aliphatic hydroxyl groups excluding tert-OH is 2. The summed E-state index contributed by atoms with van der Waals surface area (Å²) < 4.78 is 5.01. The second-order valence-electron chi connectivity index (χ2n) is 5.47. The summed E-state index contributed by atoms with van der Waals surface area (Å²) in [6.07, 6.45) is 2.34. The Balaban J connectivity index is 2.46. The van der Waals surface area contributed by atoms with E-state index in [9.17, 15) is 9.90 Å². The number of ether oxygens (including phenoxy) is 1. The number of carbonyl (C=O) groups is 1. The van der Waals surface area contributed by atoms with E-state index in [0.29, 0.717) is 51.9 Å². The Hall–Kier alpha value is -0.690. The van der Waals surface area contributed by atoms with Crippen LogP contribution < -0.4 is 0 Å². The van der Waals surface area contributed by atoms with Gasteiger partial charge in [-0.1, -0.05) is 0 Å². The van der Waals surface area contributed by atoms with E-state index in [-0.39, 0.29) is 25.1 Å². The molecule has 6 heteroatoms. The summed E-state index contributed by atoms with van der Waals surface area (Å²) in [4.78, 5) is 13.5. The first-order chi connectivity index (χ1) is 9.54. The summed E-state index contributed by atoms with van der Waals surface area (Å²) in [5, 5.41) is 28.5. The van der Waals surface area contributed by atoms with Gasteiger partial charge in [0.05, 0.1) is 31.3 Å². The molecule has 0 heterocycles. The molecule has 0 aliphatic heterocycles. The summed E-state index contributed by atoms with van der Waals surface area (Å²) in [7, 11) is 0. The van der Waals surface area contributed by atoms with Gasteiger partial charge in [-0.3, -0.25) is 9.69 Å². The molecule has 0 amide bonds. The third kappa shape index (κ3) is 5.36. The molecule has 0 bridgehead atoms. The fourth-order valence-corrected chi connectivity index (χ4v) is 2.78. The number of esters is 1. The molecule has 0 spiro atoms. The van der Waals surface area contributed by atoms with Crippen LogP contribution in [0.25, 0.3) is 0 Å². The average Bonchev–Trinajstić information content (AvgIpc) is 2.40. The third-order valence-electron chi connectivity index (χ3n) is 3.89. The van der Waals surface area contributed by atoms with E-state index in [1.807, 2.05) is 4.90 Å². The smallest absolute Gasteiger partial charge is 0.308 e. The van der Waals surface area contributed by atoms with Crippen LogP contribution in [-0.2, 0) is 9.53 Å². The molecule has 1 rings (SSSR count). The second-order valence-corrected chi connectivity index (χ2v) is 5.47. The van der Waals surface area contributed by atoms with Crippen LogP contribution in [0.1, 0.15) is 32.6 Å². The molecule has 0 atom stereocenters. The van der Waals surface area contributed by atoms with Crippen molar-refractivity contribution < 1.29 is 24.9 Å². The maximum absolute atomic E-state index is 11.7. The molecule has 1 aliphatic rings. The van der Waals surface area contributed by atoms with Crippen LogP contribution in [-0.4, -0.2) is 71.2 Å². The van der Waals surface area contributed by atoms with Crippen LogP contribution in [0, 0.1) is 5.92 Å². The molecule has 1 aliphatic carbocycles. The molecule has 118 valence electrons. The van der Waals surface area contributed by atoms with Gasteiger partial charge in [0.15, 0.2) is 0 Å². The van der Waals surface area contributed by atoms with Gasteiger partial charge in [-0.25, -0.2) is 0 Å². The summed E-state index contributed by atoms with van der Waals surface area (Å²) in [6.45, 7) is 3.47. The number of nitrogens with zero attached hydrogens (tertiary/aromatic N) is 1. The van der Waals surface area contributed by atoms with Gasteiger partial charge in [0.1, 0.15) is 0 Å². The van der Waals surface area contributed by atoms with Crippen molar-refractivity contribution in [2.45, 2.75) is 38.2 Å². The molecule has 0 aromatic heterocycles. The number of rotatable bonds is 8. The molecule has 0 aromatic rings. The standard InChI is InChI=1S/C14H27NO5/c1-2-20-13(18)12-3-5-14(19,6-4-12)11-15(7-9-16)8-10-17/h12,16-17,19H,2-11H2,1H3. The fraction of sp³-hybridized carbons (Fsp3) is 0.929. The Kier molecular flexibility index (Phi) is 7.43. The molecule has 0 radical (unpaired) electrons. The quantitative estimate of drug-likeness (QED) is 0.534. The summed E-state index contributed by atoms with van der Waals surface area (Å²) >= 11 is 0. The zero-order valence-electron chi connectivity index (χ0n) is 12.3. The van der Waals surface area contributed by atoms with E-state index in [1.165, 1.54) is 0 Å². The van der Waals surface area contributed by atoms with Gasteiger partial charge >= 0.3 is 5.97 Å². The lowest BCUT2D eigenvalue weighted by Crippen LogP contribution is -2.47. The highest BCUT2D eigenvalue weighted by molar-refractivity contribution is 5.72. The van der Waals surface area contributed by atoms with Gasteiger partial charge in [0, 0.05) is 19.6 Å². The minimum absolute atomic E-state index is 0.00152. The minimum atomic E-state index is -0.840. The molecule has 0 unspecified atom stereocenters. The normalized spacial score (nSPS) is 26.8. The predicted octanol–water partition coefficient (Wildman–Crippen LogP) is -0.243. The summed E-state index contributed by atoms with van der Waals surface area (Å²) in [5.41, 5.74) is -0.840. The van der Waals surface area contributed by atoms with Crippen molar-refractivity contribution in [3.05, 3.63) is 0 Å². The van der Waals surface area contributed by atoms with E-state index in [4.69, 9.17) is 14.9 Å². The largest absolute Gasteiger partial charge is 0.466 e. The van der Waals surface area contributed by atoms with Crippen molar-refractivity contribution in [2.75, 3.05) is 39.5 Å². The molecule has 1 fully saturated rings. The lowest BCUT2D eigenvalue weighted by atomic mass is 9.78. The van der Waals surface area contributed by atoms with Crippen LogP contribution in [0.2, 0.25) is 0 Å². The first kappa shape index (κ1) is 17.4. The van der Waals surface area contributed by atoms with Gasteiger partial charge in [-0.2, -0.15) is 0 Å². The van der Waals surface area contributed by atoms with Crippen LogP contribution in [0.15, 0.2) is 0 Å². The lowest BCUT2D eigenvalue weighted by molar-refractivity contribution is -0.151.